The predicted molar refractivity (Wildman–Crippen MR) is 68.9 cm³/mol. The molecule has 1 heterocycles. The SMILES string of the molecule is [C-]#[N+]C(C(=O)N(C)C)C1=NC(=N)c2ccccc21. The van der Waals surface area contributed by atoms with Crippen LogP contribution < -0.4 is 0 Å². The number of nitrogens with one attached hydrogen (secondary N) is 1. The Balaban J connectivity index is 2.47. The molecule has 90 valence electrons. The number of amides is 1. The molecule has 0 radical (unpaired) electrons. The summed E-state index contributed by atoms with van der Waals surface area (Å²) < 4.78 is 0. The van der Waals surface area contributed by atoms with Crippen LogP contribution >= 0.6 is 0 Å². The third kappa shape index (κ3) is 1.78. The molecule has 5 heteroatoms. The molecule has 5 nitrogen and oxygen atoms in total. The van der Waals surface area contributed by atoms with Crippen LogP contribution in [0.3, 0.4) is 0 Å². The second-order valence-corrected chi connectivity index (χ2v) is 4.16. The fourth-order valence-corrected chi connectivity index (χ4v) is 1.84. The van der Waals surface area contributed by atoms with Crippen molar-refractivity contribution >= 4 is 17.5 Å². The van der Waals surface area contributed by atoms with Crippen molar-refractivity contribution in [3.63, 3.8) is 0 Å². The largest absolute Gasteiger partial charge is 0.342 e. The molecule has 0 saturated carbocycles. The smallest absolute Gasteiger partial charge is 0.342 e. The molecule has 2 rings (SSSR count). The Hall–Kier alpha value is -2.48. The Morgan fingerprint density at radius 3 is 2.56 bits per heavy atom. The Morgan fingerprint density at radius 1 is 1.39 bits per heavy atom. The predicted octanol–water partition coefficient (Wildman–Crippen LogP) is 1.19. The van der Waals surface area contributed by atoms with Crippen LogP contribution in [0.15, 0.2) is 29.3 Å². The summed E-state index contributed by atoms with van der Waals surface area (Å²) >= 11 is 0. The maximum Gasteiger partial charge on any atom is 0.342 e. The van der Waals surface area contributed by atoms with Crippen molar-refractivity contribution in [2.24, 2.45) is 4.99 Å². The van der Waals surface area contributed by atoms with Gasteiger partial charge in [0.05, 0.1) is 0 Å². The summed E-state index contributed by atoms with van der Waals surface area (Å²) in [6, 6.07) is 6.22. The molecule has 1 atom stereocenters. The highest BCUT2D eigenvalue weighted by Gasteiger charge is 2.37. The summed E-state index contributed by atoms with van der Waals surface area (Å²) in [4.78, 5) is 20.7. The number of carbonyl (C=O) groups excluding carboxylic acids is 1. The Labute approximate surface area is 105 Å². The third-order valence-corrected chi connectivity index (χ3v) is 2.75. The number of aliphatic imine (C=N–C) groups is 1. The van der Waals surface area contributed by atoms with Gasteiger partial charge < -0.3 is 4.90 Å². The number of amidine groups is 1. The van der Waals surface area contributed by atoms with E-state index in [1.807, 2.05) is 12.1 Å². The lowest BCUT2D eigenvalue weighted by Gasteiger charge is -2.12. The second-order valence-electron chi connectivity index (χ2n) is 4.16. The van der Waals surface area contributed by atoms with E-state index in [1.165, 1.54) is 4.90 Å². The molecule has 1 aliphatic rings. The van der Waals surface area contributed by atoms with Crippen LogP contribution in [0.1, 0.15) is 11.1 Å². The van der Waals surface area contributed by atoms with E-state index >= 15 is 0 Å². The van der Waals surface area contributed by atoms with E-state index in [4.69, 9.17) is 12.0 Å². The van der Waals surface area contributed by atoms with Crippen LogP contribution in [-0.4, -0.2) is 42.5 Å². The van der Waals surface area contributed by atoms with E-state index in [-0.39, 0.29) is 11.7 Å². The number of rotatable bonds is 2. The third-order valence-electron chi connectivity index (χ3n) is 2.75. The fraction of sp³-hybridized carbons (Fsp3) is 0.231. The molecule has 0 aliphatic carbocycles. The number of hydrogen-bond acceptors (Lipinski definition) is 2. The first-order valence-electron chi connectivity index (χ1n) is 5.41. The number of nitrogens with zero attached hydrogens (tertiary/aromatic N) is 3. The highest BCUT2D eigenvalue weighted by molar-refractivity contribution is 6.29. The summed E-state index contributed by atoms with van der Waals surface area (Å²) in [5, 5.41) is 7.76. The minimum atomic E-state index is -0.969. The van der Waals surface area contributed by atoms with Gasteiger partial charge in [0, 0.05) is 25.2 Å². The van der Waals surface area contributed by atoms with Crippen LogP contribution in [0.5, 0.6) is 0 Å². The highest BCUT2D eigenvalue weighted by atomic mass is 16.2. The van der Waals surface area contributed by atoms with E-state index in [0.29, 0.717) is 16.8 Å². The van der Waals surface area contributed by atoms with Crippen LogP contribution in [0.4, 0.5) is 0 Å². The van der Waals surface area contributed by atoms with Crippen molar-refractivity contribution in [2.75, 3.05) is 14.1 Å². The van der Waals surface area contributed by atoms with Crippen LogP contribution in [-0.2, 0) is 4.79 Å². The normalized spacial score (nSPS) is 14.5. The molecule has 0 fully saturated rings. The Morgan fingerprint density at radius 2 is 2.00 bits per heavy atom. The maximum absolute atomic E-state index is 11.9. The zero-order valence-electron chi connectivity index (χ0n) is 10.1. The molecule has 0 saturated heterocycles. The first-order valence-corrected chi connectivity index (χ1v) is 5.41. The lowest BCUT2D eigenvalue weighted by Crippen LogP contribution is -2.37. The molecule has 0 aromatic heterocycles. The fourth-order valence-electron chi connectivity index (χ4n) is 1.84. The van der Waals surface area contributed by atoms with Crippen LogP contribution in [0, 0.1) is 12.0 Å². The summed E-state index contributed by atoms with van der Waals surface area (Å²) in [5.74, 6) is -0.200. The zero-order chi connectivity index (χ0) is 13.3. The summed E-state index contributed by atoms with van der Waals surface area (Å²) in [6.07, 6.45) is 0. The summed E-state index contributed by atoms with van der Waals surface area (Å²) in [5.41, 5.74) is 1.76. The molecule has 1 unspecified atom stereocenters. The van der Waals surface area contributed by atoms with Gasteiger partial charge in [-0.05, 0) is 0 Å². The van der Waals surface area contributed by atoms with Crippen molar-refractivity contribution < 1.29 is 4.79 Å². The van der Waals surface area contributed by atoms with E-state index in [9.17, 15) is 4.79 Å². The molecule has 0 bridgehead atoms. The second kappa shape index (κ2) is 4.41. The van der Waals surface area contributed by atoms with E-state index in [0.717, 1.165) is 0 Å². The van der Waals surface area contributed by atoms with Crippen molar-refractivity contribution in [3.8, 4) is 0 Å². The highest BCUT2D eigenvalue weighted by Crippen LogP contribution is 2.22. The lowest BCUT2D eigenvalue weighted by molar-refractivity contribution is -0.127. The van der Waals surface area contributed by atoms with Gasteiger partial charge in [-0.15, -0.1) is 0 Å². The number of likely N-dealkylation sites (N-methyl/N-ethyl adjacent to an activating group) is 1. The van der Waals surface area contributed by atoms with Crippen molar-refractivity contribution in [1.82, 2.24) is 4.90 Å². The first-order chi connectivity index (χ1) is 8.56. The maximum atomic E-state index is 11.9. The zero-order valence-corrected chi connectivity index (χ0v) is 10.1. The molecule has 1 amide bonds. The van der Waals surface area contributed by atoms with Gasteiger partial charge in [0.25, 0.3) is 0 Å². The molecule has 1 N–H and O–H groups in total. The van der Waals surface area contributed by atoms with Crippen molar-refractivity contribution in [1.29, 1.82) is 5.41 Å². The number of fused-ring (bicyclic) bond motifs is 1. The van der Waals surface area contributed by atoms with E-state index in [2.05, 4.69) is 9.84 Å². The van der Waals surface area contributed by atoms with E-state index in [1.54, 1.807) is 26.2 Å². The average molecular weight is 240 g/mol. The van der Waals surface area contributed by atoms with Crippen LogP contribution in [0.2, 0.25) is 0 Å². The topological polar surface area (TPSA) is 60.9 Å². The summed E-state index contributed by atoms with van der Waals surface area (Å²) in [6.45, 7) is 7.18. The lowest BCUT2D eigenvalue weighted by atomic mass is 10.0. The minimum absolute atomic E-state index is 0.112. The number of carbonyl (C=O) groups is 1. The number of hydrogen-bond donors (Lipinski definition) is 1. The van der Waals surface area contributed by atoms with E-state index < -0.39 is 6.04 Å². The van der Waals surface area contributed by atoms with Crippen LogP contribution in [0.25, 0.3) is 4.85 Å². The van der Waals surface area contributed by atoms with Gasteiger partial charge in [-0.25, -0.2) is 11.6 Å². The van der Waals surface area contributed by atoms with Crippen molar-refractivity contribution in [3.05, 3.63) is 46.8 Å². The van der Waals surface area contributed by atoms with Gasteiger partial charge in [0.1, 0.15) is 5.71 Å². The minimum Gasteiger partial charge on any atom is -0.342 e. The molecule has 0 spiro atoms. The molecule has 18 heavy (non-hydrogen) atoms. The average Bonchev–Trinajstić information content (AvgIpc) is 2.69. The first kappa shape index (κ1) is 12.0. The van der Waals surface area contributed by atoms with Gasteiger partial charge in [-0.3, -0.25) is 15.0 Å². The van der Waals surface area contributed by atoms with Gasteiger partial charge in [-0.2, -0.15) is 0 Å². The van der Waals surface area contributed by atoms with Gasteiger partial charge in [0.15, 0.2) is 5.84 Å². The van der Waals surface area contributed by atoms with Gasteiger partial charge in [-0.1, -0.05) is 24.3 Å². The molecular formula is C13H12N4O. The van der Waals surface area contributed by atoms with Gasteiger partial charge in [0.2, 0.25) is 0 Å². The molecule has 1 aromatic carbocycles. The van der Waals surface area contributed by atoms with Crippen molar-refractivity contribution in [2.45, 2.75) is 6.04 Å². The van der Waals surface area contributed by atoms with Gasteiger partial charge >= 0.3 is 11.9 Å². The summed E-state index contributed by atoms with van der Waals surface area (Å²) in [7, 11) is 3.21. The Bertz CT molecular complexity index is 595. The monoisotopic (exact) mass is 240 g/mol. The molecular weight excluding hydrogens is 228 g/mol. The Kier molecular flexibility index (Phi) is 2.94. The molecule has 1 aromatic rings. The standard InChI is InChI=1S/C13H12N4O/c1-15-11(13(18)17(2)3)10-8-6-4-5-7-9(8)12(14)16-10/h4-7,11,14H,2-3H3. The quantitative estimate of drug-likeness (QED) is 0.775. The molecule has 1 aliphatic heterocycles. The number of benzene rings is 1.